The molecule has 0 aliphatic carbocycles. The zero-order valence-electron chi connectivity index (χ0n) is 11.1. The Morgan fingerprint density at radius 3 is 2.89 bits per heavy atom. The van der Waals surface area contributed by atoms with Crippen LogP contribution in [0.15, 0.2) is 12.1 Å². The Morgan fingerprint density at radius 2 is 2.16 bits per heavy atom. The van der Waals surface area contributed by atoms with Crippen molar-refractivity contribution in [3.05, 3.63) is 22.7 Å². The Labute approximate surface area is 118 Å². The summed E-state index contributed by atoms with van der Waals surface area (Å²) in [5.74, 6) is 1.34. The molecule has 2 rings (SSSR count). The first-order valence-electron chi connectivity index (χ1n) is 6.66. The molecule has 106 valence electrons. The van der Waals surface area contributed by atoms with Crippen LogP contribution in [-0.2, 0) is 6.54 Å². The highest BCUT2D eigenvalue weighted by Gasteiger charge is 2.15. The predicted octanol–water partition coefficient (Wildman–Crippen LogP) is 2.36. The molecule has 0 spiro atoms. The number of fused-ring (bicyclic) bond motifs is 1. The minimum atomic E-state index is 0.106. The third-order valence-corrected chi connectivity index (χ3v) is 3.45. The van der Waals surface area contributed by atoms with E-state index in [1.165, 1.54) is 0 Å². The molecule has 1 atom stereocenters. The molecule has 1 aliphatic rings. The van der Waals surface area contributed by atoms with Crippen molar-refractivity contribution in [1.82, 2.24) is 5.32 Å². The molecule has 2 N–H and O–H groups in total. The molecule has 19 heavy (non-hydrogen) atoms. The number of aliphatic hydroxyl groups is 1. The van der Waals surface area contributed by atoms with Crippen LogP contribution in [0.25, 0.3) is 0 Å². The fourth-order valence-corrected chi connectivity index (χ4v) is 2.27. The van der Waals surface area contributed by atoms with Crippen LogP contribution < -0.4 is 14.8 Å². The van der Waals surface area contributed by atoms with Gasteiger partial charge in [0.05, 0.1) is 24.8 Å². The number of rotatable bonds is 5. The van der Waals surface area contributed by atoms with E-state index in [1.54, 1.807) is 0 Å². The van der Waals surface area contributed by atoms with Crippen molar-refractivity contribution in [2.24, 2.45) is 0 Å². The first kappa shape index (κ1) is 14.4. The Hall–Kier alpha value is -0.970. The Morgan fingerprint density at radius 1 is 1.37 bits per heavy atom. The monoisotopic (exact) mass is 285 g/mol. The molecule has 1 aromatic carbocycles. The SMILES string of the molecule is CCC(CO)NCc1cc(Cl)c2c(c1)OCCCO2. The normalized spacial score (nSPS) is 15.9. The number of benzene rings is 1. The Kier molecular flexibility index (Phi) is 5.31. The Balaban J connectivity index is 2.10. The van der Waals surface area contributed by atoms with Gasteiger partial charge in [0.25, 0.3) is 0 Å². The molecule has 1 unspecified atom stereocenters. The fraction of sp³-hybridized carbons (Fsp3) is 0.571. The molecule has 1 aromatic rings. The second-order valence-corrected chi connectivity index (χ2v) is 5.03. The quantitative estimate of drug-likeness (QED) is 0.872. The molecule has 4 nitrogen and oxygen atoms in total. The van der Waals surface area contributed by atoms with Gasteiger partial charge in [0.1, 0.15) is 0 Å². The van der Waals surface area contributed by atoms with Gasteiger partial charge in [-0.25, -0.2) is 0 Å². The standard InChI is InChI=1S/C14H20ClNO3/c1-2-11(9-17)16-8-10-6-12(15)14-13(7-10)18-4-3-5-19-14/h6-7,11,16-17H,2-5,8-9H2,1H3. The van der Waals surface area contributed by atoms with Crippen LogP contribution in [0.2, 0.25) is 5.02 Å². The van der Waals surface area contributed by atoms with Crippen molar-refractivity contribution in [3.8, 4) is 11.5 Å². The van der Waals surface area contributed by atoms with E-state index in [9.17, 15) is 0 Å². The van der Waals surface area contributed by atoms with Gasteiger partial charge in [-0.2, -0.15) is 0 Å². The van der Waals surface area contributed by atoms with E-state index in [2.05, 4.69) is 5.32 Å². The summed E-state index contributed by atoms with van der Waals surface area (Å²) >= 11 is 6.22. The fourth-order valence-electron chi connectivity index (χ4n) is 1.99. The lowest BCUT2D eigenvalue weighted by atomic mass is 10.1. The van der Waals surface area contributed by atoms with Crippen LogP contribution in [0.5, 0.6) is 11.5 Å². The van der Waals surface area contributed by atoms with Crippen LogP contribution in [0, 0.1) is 0 Å². The number of ether oxygens (including phenoxy) is 2. The third-order valence-electron chi connectivity index (χ3n) is 3.17. The van der Waals surface area contributed by atoms with Gasteiger partial charge < -0.3 is 19.9 Å². The predicted molar refractivity (Wildman–Crippen MR) is 75.1 cm³/mol. The molecule has 5 heteroatoms. The number of nitrogens with one attached hydrogen (secondary N) is 1. The minimum Gasteiger partial charge on any atom is -0.489 e. The van der Waals surface area contributed by atoms with Crippen molar-refractivity contribution in [3.63, 3.8) is 0 Å². The van der Waals surface area contributed by atoms with E-state index in [1.807, 2.05) is 19.1 Å². The first-order chi connectivity index (χ1) is 9.24. The summed E-state index contributed by atoms with van der Waals surface area (Å²) in [6.45, 7) is 4.10. The second kappa shape index (κ2) is 6.98. The highest BCUT2D eigenvalue weighted by molar-refractivity contribution is 6.32. The number of halogens is 1. The van der Waals surface area contributed by atoms with Crippen molar-refractivity contribution < 1.29 is 14.6 Å². The van der Waals surface area contributed by atoms with Crippen LogP contribution in [-0.4, -0.2) is 31.0 Å². The third kappa shape index (κ3) is 3.75. The summed E-state index contributed by atoms with van der Waals surface area (Å²) < 4.78 is 11.2. The van der Waals surface area contributed by atoms with Gasteiger partial charge in [0.15, 0.2) is 11.5 Å². The summed E-state index contributed by atoms with van der Waals surface area (Å²) in [6, 6.07) is 3.94. The number of aliphatic hydroxyl groups excluding tert-OH is 1. The average Bonchev–Trinajstić information content (AvgIpc) is 2.65. The molecule has 0 bridgehead atoms. The van der Waals surface area contributed by atoms with Gasteiger partial charge in [-0.1, -0.05) is 18.5 Å². The lowest BCUT2D eigenvalue weighted by Crippen LogP contribution is -2.31. The lowest BCUT2D eigenvalue weighted by molar-refractivity contribution is 0.238. The van der Waals surface area contributed by atoms with Crippen LogP contribution >= 0.6 is 11.6 Å². The van der Waals surface area contributed by atoms with Crippen molar-refractivity contribution in [2.75, 3.05) is 19.8 Å². The van der Waals surface area contributed by atoms with Crippen LogP contribution in [0.4, 0.5) is 0 Å². The zero-order chi connectivity index (χ0) is 13.7. The topological polar surface area (TPSA) is 50.7 Å². The van der Waals surface area contributed by atoms with E-state index >= 15 is 0 Å². The van der Waals surface area contributed by atoms with Crippen LogP contribution in [0.1, 0.15) is 25.3 Å². The zero-order valence-corrected chi connectivity index (χ0v) is 11.9. The maximum atomic E-state index is 9.15. The minimum absolute atomic E-state index is 0.106. The van der Waals surface area contributed by atoms with Gasteiger partial charge in [-0.05, 0) is 24.1 Å². The van der Waals surface area contributed by atoms with Crippen molar-refractivity contribution in [1.29, 1.82) is 0 Å². The average molecular weight is 286 g/mol. The van der Waals surface area contributed by atoms with E-state index in [0.717, 1.165) is 18.4 Å². The summed E-state index contributed by atoms with van der Waals surface area (Å²) in [7, 11) is 0. The molecule has 0 saturated heterocycles. The molecule has 0 saturated carbocycles. The van der Waals surface area contributed by atoms with Crippen LogP contribution in [0.3, 0.4) is 0 Å². The smallest absolute Gasteiger partial charge is 0.179 e. The summed E-state index contributed by atoms with van der Waals surface area (Å²) in [4.78, 5) is 0. The van der Waals surface area contributed by atoms with Gasteiger partial charge in [-0.3, -0.25) is 0 Å². The van der Waals surface area contributed by atoms with E-state index in [-0.39, 0.29) is 12.6 Å². The summed E-state index contributed by atoms with van der Waals surface area (Å²) in [5, 5.41) is 13.0. The molecular formula is C14H20ClNO3. The van der Waals surface area contributed by atoms with Gasteiger partial charge in [-0.15, -0.1) is 0 Å². The van der Waals surface area contributed by atoms with Gasteiger partial charge in [0.2, 0.25) is 0 Å². The first-order valence-corrected chi connectivity index (χ1v) is 7.04. The molecule has 0 aromatic heterocycles. The largest absolute Gasteiger partial charge is 0.489 e. The molecule has 1 heterocycles. The summed E-state index contributed by atoms with van der Waals surface area (Å²) in [6.07, 6.45) is 1.75. The van der Waals surface area contributed by atoms with E-state index in [0.29, 0.717) is 36.3 Å². The van der Waals surface area contributed by atoms with Gasteiger partial charge >= 0.3 is 0 Å². The van der Waals surface area contributed by atoms with E-state index in [4.69, 9.17) is 26.2 Å². The van der Waals surface area contributed by atoms with E-state index < -0.39 is 0 Å². The number of hydrogen-bond acceptors (Lipinski definition) is 4. The second-order valence-electron chi connectivity index (χ2n) is 4.62. The van der Waals surface area contributed by atoms with Crippen molar-refractivity contribution in [2.45, 2.75) is 32.4 Å². The Bertz CT molecular complexity index is 421. The molecule has 0 fully saturated rings. The van der Waals surface area contributed by atoms with Crippen molar-refractivity contribution >= 4 is 11.6 Å². The number of hydrogen-bond donors (Lipinski definition) is 2. The molecule has 0 amide bonds. The summed E-state index contributed by atoms with van der Waals surface area (Å²) in [5.41, 5.74) is 1.03. The highest BCUT2D eigenvalue weighted by atomic mass is 35.5. The molecule has 1 aliphatic heterocycles. The molecule has 0 radical (unpaired) electrons. The maximum Gasteiger partial charge on any atom is 0.179 e. The highest BCUT2D eigenvalue weighted by Crippen LogP contribution is 2.37. The molecular weight excluding hydrogens is 266 g/mol. The maximum absolute atomic E-state index is 9.15. The van der Waals surface area contributed by atoms with Gasteiger partial charge in [0, 0.05) is 19.0 Å². The lowest BCUT2D eigenvalue weighted by Gasteiger charge is -2.16.